The van der Waals surface area contributed by atoms with Gasteiger partial charge in [-0.2, -0.15) is 4.98 Å². The van der Waals surface area contributed by atoms with Gasteiger partial charge in [-0.25, -0.2) is 4.98 Å². The molecule has 3 rings (SSSR count). The van der Waals surface area contributed by atoms with Crippen molar-refractivity contribution >= 4 is 35.0 Å². The van der Waals surface area contributed by atoms with Crippen LogP contribution in [0, 0.1) is 0 Å². The Hall–Kier alpha value is -3.16. The van der Waals surface area contributed by atoms with Gasteiger partial charge in [-0.3, -0.25) is 9.59 Å². The molecule has 3 N–H and O–H groups in total. The first kappa shape index (κ1) is 17.7. The smallest absolute Gasteiger partial charge is 0.256 e. The molecule has 136 valence electrons. The number of amides is 2. The lowest BCUT2D eigenvalue weighted by molar-refractivity contribution is -0.116. The monoisotopic (exact) mass is 354 g/mol. The van der Waals surface area contributed by atoms with E-state index in [-0.39, 0.29) is 11.8 Å². The van der Waals surface area contributed by atoms with Gasteiger partial charge < -0.3 is 20.9 Å². The Bertz CT molecular complexity index is 834. The maximum atomic E-state index is 12.0. The van der Waals surface area contributed by atoms with Crippen molar-refractivity contribution in [1.82, 2.24) is 15.3 Å². The van der Waals surface area contributed by atoms with Crippen LogP contribution in [0.5, 0.6) is 0 Å². The van der Waals surface area contributed by atoms with Crippen molar-refractivity contribution in [3.05, 3.63) is 36.0 Å². The van der Waals surface area contributed by atoms with Gasteiger partial charge in [0, 0.05) is 44.6 Å². The van der Waals surface area contributed by atoms with Crippen LogP contribution in [0.15, 0.2) is 30.5 Å². The molecular formula is C18H22N6O2. The number of nitrogens with one attached hydrogen (secondary N) is 3. The standard InChI is InChI=1S/C18H22N6O2/c1-11(25)24(3)14-6-4-5-13(9-14)22-18-20-10-15(17(26)19-2)16(23-18)21-12-7-8-12/h4-6,9-10,12H,7-8H2,1-3H3,(H,19,26)(H2,20,21,22,23). The summed E-state index contributed by atoms with van der Waals surface area (Å²) in [5.41, 5.74) is 1.93. The average Bonchev–Trinajstić information content (AvgIpc) is 3.45. The summed E-state index contributed by atoms with van der Waals surface area (Å²) in [6.07, 6.45) is 3.64. The Morgan fingerprint density at radius 3 is 2.69 bits per heavy atom. The first-order valence-corrected chi connectivity index (χ1v) is 8.45. The second kappa shape index (κ2) is 7.38. The maximum absolute atomic E-state index is 12.0. The molecule has 0 atom stereocenters. The van der Waals surface area contributed by atoms with Crippen LogP contribution < -0.4 is 20.9 Å². The molecule has 0 saturated heterocycles. The van der Waals surface area contributed by atoms with Crippen LogP contribution in [-0.4, -0.2) is 41.9 Å². The second-order valence-corrected chi connectivity index (χ2v) is 6.21. The number of rotatable bonds is 6. The van der Waals surface area contributed by atoms with E-state index in [2.05, 4.69) is 25.9 Å². The number of hydrogen-bond donors (Lipinski definition) is 3. The molecule has 1 heterocycles. The van der Waals surface area contributed by atoms with Crippen LogP contribution in [-0.2, 0) is 4.79 Å². The summed E-state index contributed by atoms with van der Waals surface area (Å²) in [5, 5.41) is 8.99. The molecule has 26 heavy (non-hydrogen) atoms. The molecule has 0 spiro atoms. The van der Waals surface area contributed by atoms with Gasteiger partial charge >= 0.3 is 0 Å². The van der Waals surface area contributed by atoms with Crippen molar-refractivity contribution < 1.29 is 9.59 Å². The Labute approximate surface area is 152 Å². The maximum Gasteiger partial charge on any atom is 0.256 e. The van der Waals surface area contributed by atoms with Crippen LogP contribution in [0.1, 0.15) is 30.1 Å². The van der Waals surface area contributed by atoms with Gasteiger partial charge in [0.05, 0.1) is 0 Å². The molecule has 1 aliphatic rings. The molecule has 8 nitrogen and oxygen atoms in total. The van der Waals surface area contributed by atoms with Crippen LogP contribution in [0.3, 0.4) is 0 Å². The zero-order chi connectivity index (χ0) is 18.7. The van der Waals surface area contributed by atoms with Crippen molar-refractivity contribution in [2.45, 2.75) is 25.8 Å². The number of carbonyl (C=O) groups is 2. The van der Waals surface area contributed by atoms with E-state index in [1.807, 2.05) is 24.3 Å². The molecule has 0 aliphatic heterocycles. The first-order valence-electron chi connectivity index (χ1n) is 8.45. The number of benzene rings is 1. The summed E-state index contributed by atoms with van der Waals surface area (Å²) >= 11 is 0. The molecule has 1 aliphatic carbocycles. The molecule has 1 aromatic heterocycles. The molecule has 0 unspecified atom stereocenters. The number of hydrogen-bond acceptors (Lipinski definition) is 6. The Balaban J connectivity index is 1.84. The van der Waals surface area contributed by atoms with Gasteiger partial charge in [0.15, 0.2) is 0 Å². The van der Waals surface area contributed by atoms with Gasteiger partial charge in [-0.15, -0.1) is 0 Å². The largest absolute Gasteiger partial charge is 0.367 e. The van der Waals surface area contributed by atoms with E-state index in [1.165, 1.54) is 13.1 Å². The van der Waals surface area contributed by atoms with E-state index in [4.69, 9.17) is 0 Å². The topological polar surface area (TPSA) is 99.3 Å². The summed E-state index contributed by atoms with van der Waals surface area (Å²) < 4.78 is 0. The fourth-order valence-electron chi connectivity index (χ4n) is 2.38. The predicted molar refractivity (Wildman–Crippen MR) is 101 cm³/mol. The van der Waals surface area contributed by atoms with Gasteiger partial charge in [-0.1, -0.05) is 6.07 Å². The Kier molecular flexibility index (Phi) is 5.01. The van der Waals surface area contributed by atoms with Crippen molar-refractivity contribution in [2.75, 3.05) is 29.6 Å². The van der Waals surface area contributed by atoms with E-state index in [0.29, 0.717) is 23.4 Å². The highest BCUT2D eigenvalue weighted by Gasteiger charge is 2.24. The summed E-state index contributed by atoms with van der Waals surface area (Å²) in [7, 11) is 3.29. The molecule has 0 bridgehead atoms. The minimum absolute atomic E-state index is 0.0516. The zero-order valence-corrected chi connectivity index (χ0v) is 15.0. The number of aromatic nitrogens is 2. The highest BCUT2D eigenvalue weighted by atomic mass is 16.2. The van der Waals surface area contributed by atoms with E-state index in [9.17, 15) is 9.59 Å². The molecule has 1 fully saturated rings. The molecular weight excluding hydrogens is 332 g/mol. The van der Waals surface area contributed by atoms with Gasteiger partial charge in [0.2, 0.25) is 11.9 Å². The van der Waals surface area contributed by atoms with Crippen LogP contribution >= 0.6 is 0 Å². The van der Waals surface area contributed by atoms with E-state index in [1.54, 1.807) is 19.0 Å². The summed E-state index contributed by atoms with van der Waals surface area (Å²) in [5.74, 6) is 0.610. The predicted octanol–water partition coefficient (Wildman–Crippen LogP) is 2.14. The van der Waals surface area contributed by atoms with Crippen molar-refractivity contribution in [1.29, 1.82) is 0 Å². The van der Waals surface area contributed by atoms with Gasteiger partial charge in [-0.05, 0) is 31.0 Å². The van der Waals surface area contributed by atoms with Gasteiger partial charge in [0.1, 0.15) is 11.4 Å². The van der Waals surface area contributed by atoms with E-state index >= 15 is 0 Å². The first-order chi connectivity index (χ1) is 12.5. The Morgan fingerprint density at radius 2 is 2.04 bits per heavy atom. The van der Waals surface area contributed by atoms with Crippen molar-refractivity contribution in [2.24, 2.45) is 0 Å². The summed E-state index contributed by atoms with van der Waals surface area (Å²) in [6.45, 7) is 1.51. The fourth-order valence-corrected chi connectivity index (χ4v) is 2.38. The van der Waals surface area contributed by atoms with E-state index < -0.39 is 0 Å². The average molecular weight is 354 g/mol. The summed E-state index contributed by atoms with van der Waals surface area (Å²) in [6, 6.07) is 7.75. The molecule has 1 saturated carbocycles. The quantitative estimate of drug-likeness (QED) is 0.735. The highest BCUT2D eigenvalue weighted by molar-refractivity contribution is 5.98. The normalized spacial score (nSPS) is 13.0. The molecule has 2 aromatic rings. The molecule has 8 heteroatoms. The second-order valence-electron chi connectivity index (χ2n) is 6.21. The Morgan fingerprint density at radius 1 is 1.27 bits per heavy atom. The van der Waals surface area contributed by atoms with Crippen LogP contribution in [0.4, 0.5) is 23.1 Å². The zero-order valence-electron chi connectivity index (χ0n) is 15.0. The van der Waals surface area contributed by atoms with E-state index in [0.717, 1.165) is 24.2 Å². The van der Waals surface area contributed by atoms with Crippen LogP contribution in [0.25, 0.3) is 0 Å². The number of carbonyl (C=O) groups excluding carboxylic acids is 2. The van der Waals surface area contributed by atoms with Gasteiger partial charge in [0.25, 0.3) is 5.91 Å². The number of nitrogens with zero attached hydrogens (tertiary/aromatic N) is 3. The van der Waals surface area contributed by atoms with Crippen LogP contribution in [0.2, 0.25) is 0 Å². The minimum Gasteiger partial charge on any atom is -0.367 e. The molecule has 0 radical (unpaired) electrons. The van der Waals surface area contributed by atoms with Crippen molar-refractivity contribution in [3.8, 4) is 0 Å². The highest BCUT2D eigenvalue weighted by Crippen LogP contribution is 2.27. The third kappa shape index (κ3) is 4.08. The lowest BCUT2D eigenvalue weighted by Crippen LogP contribution is -2.22. The number of anilines is 4. The fraction of sp³-hybridized carbons (Fsp3) is 0.333. The minimum atomic E-state index is -0.232. The third-order valence-corrected chi connectivity index (χ3v) is 4.14. The lowest BCUT2D eigenvalue weighted by atomic mass is 10.2. The molecule has 1 aromatic carbocycles. The SMILES string of the molecule is CNC(=O)c1cnc(Nc2cccc(N(C)C(C)=O)c2)nc1NC1CC1. The lowest BCUT2D eigenvalue weighted by Gasteiger charge is -2.16. The molecule has 2 amide bonds. The van der Waals surface area contributed by atoms with Crippen molar-refractivity contribution in [3.63, 3.8) is 0 Å². The summed E-state index contributed by atoms with van der Waals surface area (Å²) in [4.78, 5) is 33.8. The third-order valence-electron chi connectivity index (χ3n) is 4.14.